The summed E-state index contributed by atoms with van der Waals surface area (Å²) >= 11 is 6.17. The first-order valence-corrected chi connectivity index (χ1v) is 6.99. The fourth-order valence-corrected chi connectivity index (χ4v) is 2.79. The number of nitrogens with zero attached hydrogens (tertiary/aromatic N) is 3. The van der Waals surface area contributed by atoms with E-state index in [9.17, 15) is 0 Å². The highest BCUT2D eigenvalue weighted by molar-refractivity contribution is 6.30. The number of halogens is 1. The molecule has 0 radical (unpaired) electrons. The number of rotatable bonds is 5. The molecule has 1 fully saturated rings. The van der Waals surface area contributed by atoms with Crippen molar-refractivity contribution in [3.05, 3.63) is 17.0 Å². The van der Waals surface area contributed by atoms with E-state index in [0.717, 1.165) is 50.2 Å². The molecule has 0 aliphatic carbocycles. The van der Waals surface area contributed by atoms with Gasteiger partial charge >= 0.3 is 0 Å². The lowest BCUT2D eigenvalue weighted by Crippen LogP contribution is -2.23. The van der Waals surface area contributed by atoms with Gasteiger partial charge in [0.05, 0.1) is 0 Å². The largest absolute Gasteiger partial charge is 0.396 e. The van der Waals surface area contributed by atoms with Crippen LogP contribution in [0.25, 0.3) is 0 Å². The van der Waals surface area contributed by atoms with Crippen LogP contribution in [0.4, 0.5) is 5.82 Å². The van der Waals surface area contributed by atoms with Gasteiger partial charge in [-0.15, -0.1) is 0 Å². The molecule has 0 aromatic carbocycles. The Kier molecular flexibility index (Phi) is 4.78. The van der Waals surface area contributed by atoms with Crippen LogP contribution in [0.5, 0.6) is 0 Å². The van der Waals surface area contributed by atoms with Gasteiger partial charge in [0.25, 0.3) is 0 Å². The second-order valence-electron chi connectivity index (χ2n) is 4.83. The number of aliphatic hydroxyl groups excluding tert-OH is 1. The average molecular weight is 270 g/mol. The minimum atomic E-state index is 0.269. The summed E-state index contributed by atoms with van der Waals surface area (Å²) in [6, 6.07) is 0. The zero-order valence-corrected chi connectivity index (χ0v) is 11.5. The molecule has 18 heavy (non-hydrogen) atoms. The lowest BCUT2D eigenvalue weighted by Gasteiger charge is -2.20. The Labute approximate surface area is 113 Å². The SMILES string of the molecule is CCCc1c(Cl)ncnc1N1CCC(CCO)C1. The second kappa shape index (κ2) is 6.34. The van der Waals surface area contributed by atoms with E-state index in [2.05, 4.69) is 21.8 Å². The van der Waals surface area contributed by atoms with E-state index in [1.165, 1.54) is 6.33 Å². The Morgan fingerprint density at radius 1 is 1.50 bits per heavy atom. The van der Waals surface area contributed by atoms with E-state index in [1.54, 1.807) is 0 Å². The third-order valence-electron chi connectivity index (χ3n) is 3.49. The molecule has 0 bridgehead atoms. The van der Waals surface area contributed by atoms with Crippen LogP contribution in [-0.2, 0) is 6.42 Å². The molecule has 1 N–H and O–H groups in total. The van der Waals surface area contributed by atoms with Gasteiger partial charge in [0.1, 0.15) is 17.3 Å². The second-order valence-corrected chi connectivity index (χ2v) is 5.19. The molecule has 0 amide bonds. The summed E-state index contributed by atoms with van der Waals surface area (Å²) in [5.74, 6) is 1.55. The molecule has 5 heteroatoms. The first-order valence-electron chi connectivity index (χ1n) is 6.61. The standard InChI is InChI=1S/C13H20ClN3O/c1-2-3-11-12(14)15-9-16-13(11)17-6-4-10(8-17)5-7-18/h9-10,18H,2-8H2,1H3. The normalized spacial score (nSPS) is 19.5. The van der Waals surface area contributed by atoms with E-state index >= 15 is 0 Å². The van der Waals surface area contributed by atoms with Crippen molar-refractivity contribution < 1.29 is 5.11 Å². The fraction of sp³-hybridized carbons (Fsp3) is 0.692. The quantitative estimate of drug-likeness (QED) is 0.834. The van der Waals surface area contributed by atoms with Crippen molar-refractivity contribution in [1.82, 2.24) is 9.97 Å². The topological polar surface area (TPSA) is 49.2 Å². The van der Waals surface area contributed by atoms with Gasteiger partial charge in [-0.2, -0.15) is 0 Å². The van der Waals surface area contributed by atoms with Gasteiger partial charge in [-0.1, -0.05) is 24.9 Å². The first-order chi connectivity index (χ1) is 8.76. The maximum Gasteiger partial charge on any atom is 0.137 e. The van der Waals surface area contributed by atoms with Crippen LogP contribution >= 0.6 is 11.6 Å². The fourth-order valence-electron chi connectivity index (χ4n) is 2.56. The molecule has 1 unspecified atom stereocenters. The molecular weight excluding hydrogens is 250 g/mol. The molecular formula is C13H20ClN3O. The minimum Gasteiger partial charge on any atom is -0.396 e. The highest BCUT2D eigenvalue weighted by Crippen LogP contribution is 2.30. The maximum absolute atomic E-state index is 9.00. The lowest BCUT2D eigenvalue weighted by atomic mass is 10.1. The van der Waals surface area contributed by atoms with Crippen molar-refractivity contribution in [2.24, 2.45) is 5.92 Å². The molecule has 2 heterocycles. The number of hydrogen-bond donors (Lipinski definition) is 1. The summed E-state index contributed by atoms with van der Waals surface area (Å²) in [6.07, 6.45) is 5.48. The lowest BCUT2D eigenvalue weighted by molar-refractivity contribution is 0.263. The van der Waals surface area contributed by atoms with Crippen molar-refractivity contribution in [1.29, 1.82) is 0 Å². The van der Waals surface area contributed by atoms with Crippen molar-refractivity contribution in [2.75, 3.05) is 24.6 Å². The van der Waals surface area contributed by atoms with E-state index in [-0.39, 0.29) is 6.61 Å². The Hall–Kier alpha value is -0.870. The predicted octanol–water partition coefficient (Wildman–Crippen LogP) is 2.29. The van der Waals surface area contributed by atoms with Gasteiger partial charge in [0, 0.05) is 25.3 Å². The molecule has 0 saturated carbocycles. The van der Waals surface area contributed by atoms with Crippen LogP contribution in [0.1, 0.15) is 31.7 Å². The molecule has 1 aliphatic heterocycles. The summed E-state index contributed by atoms with van der Waals surface area (Å²) < 4.78 is 0. The molecule has 1 aliphatic rings. The van der Waals surface area contributed by atoms with Gasteiger partial charge in [-0.05, 0) is 25.2 Å². The number of anilines is 1. The number of aromatic nitrogens is 2. The summed E-state index contributed by atoms with van der Waals surface area (Å²) in [4.78, 5) is 10.8. The predicted molar refractivity (Wildman–Crippen MR) is 73.1 cm³/mol. The van der Waals surface area contributed by atoms with Crippen molar-refractivity contribution in [3.8, 4) is 0 Å². The Balaban J connectivity index is 2.16. The summed E-state index contributed by atoms with van der Waals surface area (Å²) in [5, 5.41) is 9.58. The van der Waals surface area contributed by atoms with Crippen LogP contribution in [0.2, 0.25) is 5.15 Å². The van der Waals surface area contributed by atoms with E-state index in [4.69, 9.17) is 16.7 Å². The minimum absolute atomic E-state index is 0.269. The van der Waals surface area contributed by atoms with Crippen molar-refractivity contribution in [2.45, 2.75) is 32.6 Å². The molecule has 0 spiro atoms. The molecule has 100 valence electrons. The van der Waals surface area contributed by atoms with Gasteiger partial charge in [-0.3, -0.25) is 0 Å². The van der Waals surface area contributed by atoms with E-state index < -0.39 is 0 Å². The Morgan fingerprint density at radius 3 is 3.06 bits per heavy atom. The smallest absolute Gasteiger partial charge is 0.137 e. The van der Waals surface area contributed by atoms with Crippen LogP contribution in [0.15, 0.2) is 6.33 Å². The van der Waals surface area contributed by atoms with Gasteiger partial charge in [0.15, 0.2) is 0 Å². The van der Waals surface area contributed by atoms with Crippen molar-refractivity contribution in [3.63, 3.8) is 0 Å². The zero-order valence-electron chi connectivity index (χ0n) is 10.8. The highest BCUT2D eigenvalue weighted by atomic mass is 35.5. The summed E-state index contributed by atoms with van der Waals surface area (Å²) in [5.41, 5.74) is 1.06. The average Bonchev–Trinajstić information content (AvgIpc) is 2.81. The van der Waals surface area contributed by atoms with Crippen LogP contribution in [0, 0.1) is 5.92 Å². The first kappa shape index (κ1) is 13.6. The summed E-state index contributed by atoms with van der Waals surface area (Å²) in [7, 11) is 0. The molecule has 1 saturated heterocycles. The van der Waals surface area contributed by atoms with Gasteiger partial charge < -0.3 is 10.0 Å². The highest BCUT2D eigenvalue weighted by Gasteiger charge is 2.25. The van der Waals surface area contributed by atoms with E-state index in [1.807, 2.05) is 0 Å². The Bertz CT molecular complexity index is 400. The molecule has 1 aromatic rings. The monoisotopic (exact) mass is 269 g/mol. The maximum atomic E-state index is 9.00. The van der Waals surface area contributed by atoms with Crippen LogP contribution in [-0.4, -0.2) is 34.8 Å². The summed E-state index contributed by atoms with van der Waals surface area (Å²) in [6.45, 7) is 4.36. The molecule has 1 atom stereocenters. The van der Waals surface area contributed by atoms with Crippen LogP contribution in [0.3, 0.4) is 0 Å². The van der Waals surface area contributed by atoms with E-state index in [0.29, 0.717) is 11.1 Å². The molecule has 1 aromatic heterocycles. The third-order valence-corrected chi connectivity index (χ3v) is 3.82. The molecule has 4 nitrogen and oxygen atoms in total. The number of aliphatic hydroxyl groups is 1. The van der Waals surface area contributed by atoms with Crippen LogP contribution < -0.4 is 4.90 Å². The number of hydrogen-bond acceptors (Lipinski definition) is 4. The van der Waals surface area contributed by atoms with Gasteiger partial charge in [-0.25, -0.2) is 9.97 Å². The van der Waals surface area contributed by atoms with Gasteiger partial charge in [0.2, 0.25) is 0 Å². The third kappa shape index (κ3) is 2.93. The van der Waals surface area contributed by atoms with Crippen molar-refractivity contribution >= 4 is 17.4 Å². The zero-order chi connectivity index (χ0) is 13.0. The Morgan fingerprint density at radius 2 is 2.33 bits per heavy atom. The molecule has 2 rings (SSSR count).